The molecule has 0 spiro atoms. The largest absolute Gasteiger partial charge is 0.456 e. The Hall–Kier alpha value is -6.26. The molecule has 0 amide bonds. The van der Waals surface area contributed by atoms with Gasteiger partial charge in [0, 0.05) is 75.0 Å². The van der Waals surface area contributed by atoms with Crippen LogP contribution in [0.3, 0.4) is 0 Å². The number of pyridine rings is 2. The predicted octanol–water partition coefficient (Wildman–Crippen LogP) is 12.8. The second kappa shape index (κ2) is 12.9. The Bertz CT molecular complexity index is 3230. The van der Waals surface area contributed by atoms with E-state index in [2.05, 4.69) is 168 Å². The molecule has 5 aromatic heterocycles. The highest BCUT2D eigenvalue weighted by molar-refractivity contribution is 6.34. The van der Waals surface area contributed by atoms with Gasteiger partial charge in [-0.1, -0.05) is 75.7 Å². The van der Waals surface area contributed by atoms with E-state index in [0.717, 1.165) is 61.8 Å². The van der Waals surface area contributed by atoms with Gasteiger partial charge in [0.05, 0.1) is 28.5 Å². The van der Waals surface area contributed by atoms with Gasteiger partial charge in [-0.25, -0.2) is 0 Å². The van der Waals surface area contributed by atoms with E-state index in [4.69, 9.17) is 11.0 Å². The molecule has 0 aliphatic carbocycles. The maximum atomic E-state index is 6.82. The standard InChI is InChI=1S/C53H47N3O/c1-5-16-35-23-26-40-48(29-35)57-49-32-43-42-31-41-37(30-47(42)56-46-22-11-10-19-39(46)51(50(40)49)52(43)56)25-24-36-17-8-9-18-38(36)44-20-12-14-27-54(44)34(4)33-53(6-2,7-3)55-28-15-13-21-45(41)55/h8-15,17-23,26-32H,4-7,16,24-25,33H2,1-3H3/q+2. The monoisotopic (exact) mass is 741 g/mol. The van der Waals surface area contributed by atoms with E-state index in [1.807, 2.05) is 0 Å². The van der Waals surface area contributed by atoms with Crippen LogP contribution in [0.25, 0.3) is 88.2 Å². The molecule has 0 radical (unpaired) electrons. The second-order valence-corrected chi connectivity index (χ2v) is 16.3. The molecule has 0 bridgehead atoms. The summed E-state index contributed by atoms with van der Waals surface area (Å²) in [6.07, 6.45) is 11.3. The zero-order valence-corrected chi connectivity index (χ0v) is 33.1. The Balaban J connectivity index is 1.24. The lowest BCUT2D eigenvalue weighted by Crippen LogP contribution is -2.58. The van der Waals surface area contributed by atoms with Crippen LogP contribution in [-0.2, 0) is 24.8 Å². The molecule has 0 saturated carbocycles. The number of hydrogen-bond donors (Lipinski definition) is 0. The van der Waals surface area contributed by atoms with E-state index in [9.17, 15) is 0 Å². The first-order valence-electron chi connectivity index (χ1n) is 20.9. The number of nitrogens with zero attached hydrogens (tertiary/aromatic N) is 3. The molecule has 5 aromatic carbocycles. The van der Waals surface area contributed by atoms with Crippen molar-refractivity contribution < 1.29 is 13.6 Å². The lowest BCUT2D eigenvalue weighted by atomic mass is 9.85. The first kappa shape index (κ1) is 34.0. The molecule has 1 aliphatic heterocycles. The minimum atomic E-state index is -0.184. The van der Waals surface area contributed by atoms with Gasteiger partial charge < -0.3 is 8.82 Å². The Kier molecular flexibility index (Phi) is 7.70. The second-order valence-electron chi connectivity index (χ2n) is 16.3. The summed E-state index contributed by atoms with van der Waals surface area (Å²) in [5.74, 6) is 0. The Morgan fingerprint density at radius 3 is 2.26 bits per heavy atom. The molecule has 1 aliphatic rings. The summed E-state index contributed by atoms with van der Waals surface area (Å²) >= 11 is 0. The molecule has 278 valence electrons. The number of benzene rings is 5. The van der Waals surface area contributed by atoms with E-state index >= 15 is 0 Å². The average Bonchev–Trinajstić information content (AvgIpc) is 3.90. The molecule has 6 heterocycles. The van der Waals surface area contributed by atoms with E-state index < -0.39 is 0 Å². The summed E-state index contributed by atoms with van der Waals surface area (Å²) in [7, 11) is 0. The van der Waals surface area contributed by atoms with Gasteiger partial charge in [0.1, 0.15) is 11.2 Å². The molecular formula is C53H47N3O+2. The quantitative estimate of drug-likeness (QED) is 0.165. The van der Waals surface area contributed by atoms with Crippen molar-refractivity contribution in [2.45, 2.75) is 71.3 Å². The minimum absolute atomic E-state index is 0.184. The number of hydrogen-bond acceptors (Lipinski definition) is 1. The molecule has 0 saturated heterocycles. The molecule has 4 heteroatoms. The van der Waals surface area contributed by atoms with Crippen molar-refractivity contribution in [3.8, 4) is 22.5 Å². The topological polar surface area (TPSA) is 25.3 Å². The number of rotatable bonds is 4. The highest BCUT2D eigenvalue weighted by Crippen LogP contribution is 2.47. The van der Waals surface area contributed by atoms with Crippen LogP contribution >= 0.6 is 0 Å². The summed E-state index contributed by atoms with van der Waals surface area (Å²) < 4.78 is 14.3. The van der Waals surface area contributed by atoms with Crippen molar-refractivity contribution in [3.63, 3.8) is 0 Å². The van der Waals surface area contributed by atoms with Crippen LogP contribution in [0.15, 0.2) is 145 Å². The predicted molar refractivity (Wildman–Crippen MR) is 236 cm³/mol. The number of allylic oxidation sites excluding steroid dienone is 1. The molecule has 4 nitrogen and oxygen atoms in total. The van der Waals surface area contributed by atoms with Crippen molar-refractivity contribution >= 4 is 65.7 Å². The number of aryl methyl sites for hydroxylation is 3. The van der Waals surface area contributed by atoms with Crippen LogP contribution in [0.1, 0.15) is 63.1 Å². The van der Waals surface area contributed by atoms with Crippen molar-refractivity contribution in [2.75, 3.05) is 0 Å². The molecular weight excluding hydrogens is 695 g/mol. The van der Waals surface area contributed by atoms with Crippen molar-refractivity contribution in [1.29, 1.82) is 0 Å². The van der Waals surface area contributed by atoms with Gasteiger partial charge in [0.25, 0.3) is 0 Å². The molecule has 0 N–H and O–H groups in total. The number of fused-ring (bicyclic) bond motifs is 16. The molecule has 11 rings (SSSR count). The smallest absolute Gasteiger partial charge is 0.218 e. The Labute approximate surface area is 333 Å². The first-order valence-corrected chi connectivity index (χ1v) is 20.9. The zero-order valence-electron chi connectivity index (χ0n) is 33.1. The third-order valence-corrected chi connectivity index (χ3v) is 13.4. The van der Waals surface area contributed by atoms with Crippen molar-refractivity contribution in [2.24, 2.45) is 0 Å². The highest BCUT2D eigenvalue weighted by Gasteiger charge is 2.42. The molecule has 10 aromatic rings. The van der Waals surface area contributed by atoms with E-state index in [0.29, 0.717) is 0 Å². The fourth-order valence-electron chi connectivity index (χ4n) is 10.5. The summed E-state index contributed by atoms with van der Waals surface area (Å²) in [4.78, 5) is 0. The lowest BCUT2D eigenvalue weighted by molar-refractivity contribution is -0.758. The van der Waals surface area contributed by atoms with Crippen LogP contribution in [0.4, 0.5) is 0 Å². The van der Waals surface area contributed by atoms with Gasteiger partial charge in [-0.05, 0) is 91.1 Å². The Morgan fingerprint density at radius 2 is 1.40 bits per heavy atom. The SMILES string of the molecule is C=C1CC(CC)(CC)[n+]2ccccc2-c2cc3c4cc5oc6cc(CCC)ccc6c5c5c6ccccc6n(c3cc2CCc2ccccc2-c2cccc[n+]21)c45. The number of aromatic nitrogens is 3. The fraction of sp³-hybridized carbons (Fsp3) is 0.208. The zero-order chi connectivity index (χ0) is 38.4. The fourth-order valence-corrected chi connectivity index (χ4v) is 10.5. The average molecular weight is 742 g/mol. The van der Waals surface area contributed by atoms with Crippen LogP contribution in [-0.4, -0.2) is 4.40 Å². The van der Waals surface area contributed by atoms with Gasteiger partial charge in [0.15, 0.2) is 23.6 Å². The molecule has 0 atom stereocenters. The van der Waals surface area contributed by atoms with Gasteiger partial charge in [-0.3, -0.25) is 0 Å². The van der Waals surface area contributed by atoms with Gasteiger partial charge >= 0.3 is 0 Å². The molecule has 0 fully saturated rings. The first-order chi connectivity index (χ1) is 28.0. The maximum absolute atomic E-state index is 6.82. The normalized spacial score (nSPS) is 14.5. The summed E-state index contributed by atoms with van der Waals surface area (Å²) in [5.41, 5.74) is 15.7. The Morgan fingerprint density at radius 1 is 0.632 bits per heavy atom. The number of para-hydroxylation sites is 1. The van der Waals surface area contributed by atoms with Crippen LogP contribution in [0.5, 0.6) is 0 Å². The van der Waals surface area contributed by atoms with Crippen LogP contribution < -0.4 is 9.13 Å². The van der Waals surface area contributed by atoms with E-state index in [1.54, 1.807) is 0 Å². The molecule has 0 unspecified atom stereocenters. The number of furan rings is 1. The van der Waals surface area contributed by atoms with Crippen LogP contribution in [0, 0.1) is 0 Å². The van der Waals surface area contributed by atoms with Crippen molar-refractivity contribution in [3.05, 3.63) is 157 Å². The summed E-state index contributed by atoms with van der Waals surface area (Å²) in [6, 6.07) is 45.5. The van der Waals surface area contributed by atoms with Crippen molar-refractivity contribution in [1.82, 2.24) is 4.40 Å². The van der Waals surface area contributed by atoms with Gasteiger partial charge in [-0.2, -0.15) is 9.13 Å². The molecule has 57 heavy (non-hydrogen) atoms. The highest BCUT2D eigenvalue weighted by atomic mass is 16.3. The third-order valence-electron chi connectivity index (χ3n) is 13.4. The summed E-state index contributed by atoms with van der Waals surface area (Å²) in [6.45, 7) is 11.7. The van der Waals surface area contributed by atoms with Crippen LogP contribution in [0.2, 0.25) is 0 Å². The lowest BCUT2D eigenvalue weighted by Gasteiger charge is -2.28. The van der Waals surface area contributed by atoms with Gasteiger partial charge in [0.2, 0.25) is 11.4 Å². The van der Waals surface area contributed by atoms with E-state index in [1.165, 1.54) is 88.1 Å². The van der Waals surface area contributed by atoms with E-state index in [-0.39, 0.29) is 5.54 Å². The van der Waals surface area contributed by atoms with Gasteiger partial charge in [-0.15, -0.1) is 0 Å². The minimum Gasteiger partial charge on any atom is -0.456 e. The summed E-state index contributed by atoms with van der Waals surface area (Å²) in [5, 5.41) is 7.48. The maximum Gasteiger partial charge on any atom is 0.218 e. The third kappa shape index (κ3) is 4.92.